The molecule has 8 heavy (non-hydrogen) atoms. The predicted molar refractivity (Wildman–Crippen MR) is 21.4 cm³/mol. The van der Waals surface area contributed by atoms with E-state index >= 15 is 0 Å². The molecule has 0 unspecified atom stereocenters. The van der Waals surface area contributed by atoms with E-state index in [4.69, 9.17) is 19.2 Å². The van der Waals surface area contributed by atoms with Crippen LogP contribution in [0, 0.1) is 0 Å². The largest absolute Gasteiger partial charge is 4.00 e. The first kappa shape index (κ1) is 23.2. The normalized spacial score (nSPS) is 7.38. The number of rotatable bonds is 0. The van der Waals surface area contributed by atoms with Crippen molar-refractivity contribution in [1.82, 2.24) is 0 Å². The van der Waals surface area contributed by atoms with E-state index in [1.807, 2.05) is 0 Å². The molecule has 0 rings (SSSR count). The van der Waals surface area contributed by atoms with Gasteiger partial charge in [-0.3, -0.25) is 0 Å². The van der Waals surface area contributed by atoms with Crippen LogP contribution in [-0.4, -0.2) is 38.6 Å². The summed E-state index contributed by atoms with van der Waals surface area (Å²) in [5, 5.41) is 0. The molecule has 0 aliphatic heterocycles. The van der Waals surface area contributed by atoms with E-state index in [9.17, 15) is 0 Å². The Labute approximate surface area is 62.3 Å². The van der Waals surface area contributed by atoms with Gasteiger partial charge < -0.3 is 25.6 Å². The zero-order valence-corrected chi connectivity index (χ0v) is 7.26. The molecule has 0 heterocycles. The Morgan fingerprint density at radius 3 is 1.00 bits per heavy atom. The second kappa shape index (κ2) is 7.83. The van der Waals surface area contributed by atoms with Gasteiger partial charge in [0.1, 0.15) is 0 Å². The summed E-state index contributed by atoms with van der Waals surface area (Å²) < 4.78 is 8.88. The van der Waals surface area contributed by atoms with E-state index in [-0.39, 0.29) is 34.9 Å². The molecule has 0 saturated carbocycles. The third-order valence-electron chi connectivity index (χ3n) is 0. The van der Waals surface area contributed by atoms with Crippen molar-refractivity contribution in [2.75, 3.05) is 0 Å². The molecule has 0 aliphatic rings. The molecule has 0 atom stereocenters. The van der Waals surface area contributed by atoms with Crippen LogP contribution in [0.1, 0.15) is 0 Å². The van der Waals surface area contributed by atoms with E-state index in [1.165, 1.54) is 0 Å². The standard InChI is InChI=1S/H3O4P.2O.Sn/c1-5(2,3)4;;;/h(H3,1,2,3,4);;;/q;2*-2;+4. The third kappa shape index (κ3) is 338. The smallest absolute Gasteiger partial charge is 2.00 e. The summed E-state index contributed by atoms with van der Waals surface area (Å²) in [7, 11) is -4.64. The predicted octanol–water partition coefficient (Wildman–Crippen LogP) is -1.55. The van der Waals surface area contributed by atoms with Gasteiger partial charge >= 0.3 is 31.7 Å². The van der Waals surface area contributed by atoms with Crippen LogP contribution in [0.2, 0.25) is 0 Å². The van der Waals surface area contributed by atoms with Gasteiger partial charge in [0.2, 0.25) is 0 Å². The maximum Gasteiger partial charge on any atom is 4.00 e. The summed E-state index contributed by atoms with van der Waals surface area (Å²) in [6.07, 6.45) is 0. The second-order valence-corrected chi connectivity index (χ2v) is 1.54. The summed E-state index contributed by atoms with van der Waals surface area (Å²) in [5.74, 6) is 0. The Bertz CT molecular complexity index is 54.7. The molecule has 8 heteroatoms. The van der Waals surface area contributed by atoms with Crippen LogP contribution in [0.25, 0.3) is 0 Å². The molecule has 0 aliphatic carbocycles. The second-order valence-electron chi connectivity index (χ2n) is 0.513. The minimum atomic E-state index is -4.64. The fourth-order valence-corrected chi connectivity index (χ4v) is 0. The van der Waals surface area contributed by atoms with E-state index in [0.29, 0.717) is 0 Å². The average Bonchev–Trinajstić information content (AvgIpc) is 0.722. The summed E-state index contributed by atoms with van der Waals surface area (Å²) in [5.41, 5.74) is 0. The Balaban J connectivity index is -0.0000000267. The van der Waals surface area contributed by atoms with Crippen LogP contribution < -0.4 is 0 Å². The van der Waals surface area contributed by atoms with Crippen LogP contribution in [0.5, 0.6) is 0 Å². The zero-order chi connectivity index (χ0) is 4.50. The fraction of sp³-hybridized carbons (Fsp3) is 0. The van der Waals surface area contributed by atoms with Gasteiger partial charge in [-0.15, -0.1) is 0 Å². The molecule has 0 radical (unpaired) electrons. The summed E-state index contributed by atoms with van der Waals surface area (Å²) >= 11 is 0. The average molecular weight is 249 g/mol. The quantitative estimate of drug-likeness (QED) is 0.353. The molecule has 0 aromatic rings. The number of hydrogen-bond acceptors (Lipinski definition) is 1. The van der Waals surface area contributed by atoms with Crippen molar-refractivity contribution in [3.63, 3.8) is 0 Å². The zero-order valence-electron chi connectivity index (χ0n) is 3.51. The molecule has 0 bridgehead atoms. The van der Waals surface area contributed by atoms with Crippen molar-refractivity contribution in [1.29, 1.82) is 0 Å². The van der Waals surface area contributed by atoms with E-state index in [2.05, 4.69) is 0 Å². The van der Waals surface area contributed by atoms with Crippen LogP contribution in [0.15, 0.2) is 0 Å². The van der Waals surface area contributed by atoms with Gasteiger partial charge in [0, 0.05) is 0 Å². The van der Waals surface area contributed by atoms with Crippen LogP contribution in [0.3, 0.4) is 0 Å². The SMILES string of the molecule is O=P(O)(O)O.[O-2].[O-2].[Sn+4]. The molecule has 0 spiro atoms. The minimum Gasteiger partial charge on any atom is -2.00 e. The number of hydrogen-bond donors (Lipinski definition) is 3. The van der Waals surface area contributed by atoms with Gasteiger partial charge in [-0.1, -0.05) is 0 Å². The van der Waals surface area contributed by atoms with E-state index < -0.39 is 7.82 Å². The molecular formula is H3O6PSn. The van der Waals surface area contributed by atoms with Crippen molar-refractivity contribution in [2.24, 2.45) is 0 Å². The van der Waals surface area contributed by atoms with Gasteiger partial charge in [-0.05, 0) is 0 Å². The fourth-order valence-electron chi connectivity index (χ4n) is 0. The molecule has 6 nitrogen and oxygen atoms in total. The Kier molecular flexibility index (Phi) is 22.7. The Morgan fingerprint density at radius 1 is 1.00 bits per heavy atom. The summed E-state index contributed by atoms with van der Waals surface area (Å²) in [4.78, 5) is 21.6. The Morgan fingerprint density at radius 2 is 1.00 bits per heavy atom. The molecule has 0 fully saturated rings. The maximum atomic E-state index is 8.88. The molecule has 0 amide bonds. The molecular weight excluding hydrogens is 246 g/mol. The summed E-state index contributed by atoms with van der Waals surface area (Å²) in [6, 6.07) is 0. The first-order chi connectivity index (χ1) is 2.00. The van der Waals surface area contributed by atoms with Gasteiger partial charge in [-0.25, -0.2) is 4.57 Å². The van der Waals surface area contributed by atoms with Gasteiger partial charge in [0.25, 0.3) is 0 Å². The maximum absolute atomic E-state index is 8.88. The Hall–Kier alpha value is 0.829. The van der Waals surface area contributed by atoms with Crippen molar-refractivity contribution in [3.05, 3.63) is 0 Å². The van der Waals surface area contributed by atoms with Gasteiger partial charge in [0.15, 0.2) is 0 Å². The van der Waals surface area contributed by atoms with Crippen molar-refractivity contribution in [2.45, 2.75) is 0 Å². The van der Waals surface area contributed by atoms with Crippen LogP contribution >= 0.6 is 7.82 Å². The summed E-state index contributed by atoms with van der Waals surface area (Å²) in [6.45, 7) is 0. The van der Waals surface area contributed by atoms with E-state index in [0.717, 1.165) is 0 Å². The van der Waals surface area contributed by atoms with Crippen LogP contribution in [-0.2, 0) is 15.5 Å². The third-order valence-corrected chi connectivity index (χ3v) is 0. The molecule has 3 N–H and O–H groups in total. The van der Waals surface area contributed by atoms with Crippen LogP contribution in [0.4, 0.5) is 0 Å². The first-order valence-corrected chi connectivity index (χ1v) is 2.35. The first-order valence-electron chi connectivity index (χ1n) is 0.783. The molecule has 0 aromatic heterocycles. The number of phosphoric acid groups is 1. The van der Waals surface area contributed by atoms with Crippen molar-refractivity contribution in [3.8, 4) is 0 Å². The molecule has 0 saturated heterocycles. The molecule has 0 aromatic carbocycles. The topological polar surface area (TPSA) is 135 Å². The van der Waals surface area contributed by atoms with Gasteiger partial charge in [0.05, 0.1) is 0 Å². The van der Waals surface area contributed by atoms with Crippen molar-refractivity contribution >= 4 is 31.7 Å². The van der Waals surface area contributed by atoms with Crippen molar-refractivity contribution < 1.29 is 30.2 Å². The monoisotopic (exact) mass is 250 g/mol. The van der Waals surface area contributed by atoms with E-state index in [1.54, 1.807) is 0 Å². The molecule has 48 valence electrons. The van der Waals surface area contributed by atoms with Gasteiger partial charge in [-0.2, -0.15) is 0 Å². The minimum absolute atomic E-state index is 0.